The van der Waals surface area contributed by atoms with Crippen LogP contribution < -0.4 is 11.2 Å². The van der Waals surface area contributed by atoms with Gasteiger partial charge in [0.15, 0.2) is 0 Å². The molecule has 2 rings (SSSR count). The van der Waals surface area contributed by atoms with E-state index in [0.29, 0.717) is 12.0 Å². The molecule has 1 aromatic rings. The van der Waals surface area contributed by atoms with Gasteiger partial charge in [-0.25, -0.2) is 4.79 Å². The molecule has 1 saturated carbocycles. The fourth-order valence-electron chi connectivity index (χ4n) is 2.59. The molecule has 0 amide bonds. The molecule has 17 heavy (non-hydrogen) atoms. The molecule has 0 aromatic carbocycles. The molecular weight excluding hydrogens is 216 g/mol. The van der Waals surface area contributed by atoms with E-state index in [9.17, 15) is 9.59 Å². The summed E-state index contributed by atoms with van der Waals surface area (Å²) in [5.74, 6) is 0.763. The third-order valence-electron chi connectivity index (χ3n) is 3.72. The van der Waals surface area contributed by atoms with Crippen LogP contribution in [-0.2, 0) is 13.0 Å². The lowest BCUT2D eigenvalue weighted by Gasteiger charge is -2.10. The Morgan fingerprint density at radius 2 is 2.06 bits per heavy atom. The summed E-state index contributed by atoms with van der Waals surface area (Å²) >= 11 is 0. The molecular formula is C13H20N2O2. The maximum absolute atomic E-state index is 11.6. The average molecular weight is 236 g/mol. The van der Waals surface area contributed by atoms with Crippen molar-refractivity contribution in [3.05, 3.63) is 32.6 Å². The van der Waals surface area contributed by atoms with Crippen molar-refractivity contribution < 1.29 is 0 Å². The lowest BCUT2D eigenvalue weighted by molar-refractivity contribution is 0.448. The Labute approximate surface area is 101 Å². The average Bonchev–Trinajstić information content (AvgIpc) is 2.81. The highest BCUT2D eigenvalue weighted by molar-refractivity contribution is 5.03. The van der Waals surface area contributed by atoms with Crippen LogP contribution in [0.15, 0.2) is 15.8 Å². The number of aromatic nitrogens is 2. The summed E-state index contributed by atoms with van der Waals surface area (Å²) in [7, 11) is 0. The molecule has 0 saturated heterocycles. The molecule has 0 spiro atoms. The third-order valence-corrected chi connectivity index (χ3v) is 3.72. The van der Waals surface area contributed by atoms with E-state index in [4.69, 9.17) is 0 Å². The largest absolute Gasteiger partial charge is 0.328 e. The van der Waals surface area contributed by atoms with Crippen molar-refractivity contribution in [2.75, 3.05) is 0 Å². The lowest BCUT2D eigenvalue weighted by Crippen LogP contribution is -2.32. The van der Waals surface area contributed by atoms with Crippen molar-refractivity contribution in [1.29, 1.82) is 0 Å². The van der Waals surface area contributed by atoms with Gasteiger partial charge in [0.2, 0.25) is 0 Å². The molecule has 1 aliphatic carbocycles. The SMILES string of the molecule is CCc1cn(CCC2CCCC2)c(=O)[nH]c1=O. The molecule has 0 atom stereocenters. The molecule has 0 radical (unpaired) electrons. The number of hydrogen-bond donors (Lipinski definition) is 1. The van der Waals surface area contributed by atoms with Gasteiger partial charge in [-0.3, -0.25) is 9.78 Å². The first-order valence-electron chi connectivity index (χ1n) is 6.53. The van der Waals surface area contributed by atoms with E-state index in [1.54, 1.807) is 10.8 Å². The highest BCUT2D eigenvalue weighted by atomic mass is 16.2. The van der Waals surface area contributed by atoms with Crippen molar-refractivity contribution in [3.63, 3.8) is 0 Å². The van der Waals surface area contributed by atoms with Gasteiger partial charge >= 0.3 is 5.69 Å². The minimum atomic E-state index is -0.273. The zero-order chi connectivity index (χ0) is 12.3. The second kappa shape index (κ2) is 5.34. The third kappa shape index (κ3) is 2.87. The van der Waals surface area contributed by atoms with Crippen LogP contribution in [-0.4, -0.2) is 9.55 Å². The second-order valence-electron chi connectivity index (χ2n) is 4.90. The van der Waals surface area contributed by atoms with Crippen LogP contribution in [0, 0.1) is 5.92 Å². The number of hydrogen-bond acceptors (Lipinski definition) is 2. The number of aromatic amines is 1. The number of aryl methyl sites for hydroxylation is 2. The van der Waals surface area contributed by atoms with E-state index < -0.39 is 0 Å². The van der Waals surface area contributed by atoms with E-state index >= 15 is 0 Å². The van der Waals surface area contributed by atoms with Crippen LogP contribution in [0.3, 0.4) is 0 Å². The lowest BCUT2D eigenvalue weighted by atomic mass is 10.0. The van der Waals surface area contributed by atoms with Crippen molar-refractivity contribution in [2.24, 2.45) is 5.92 Å². The maximum atomic E-state index is 11.6. The van der Waals surface area contributed by atoms with E-state index in [0.717, 1.165) is 18.9 Å². The minimum Gasteiger partial charge on any atom is -0.300 e. The summed E-state index contributed by atoms with van der Waals surface area (Å²) in [6.07, 6.45) is 8.67. The van der Waals surface area contributed by atoms with Gasteiger partial charge in [-0.1, -0.05) is 32.6 Å². The van der Waals surface area contributed by atoms with E-state index in [1.165, 1.54) is 25.7 Å². The fourth-order valence-corrected chi connectivity index (χ4v) is 2.59. The molecule has 1 N–H and O–H groups in total. The topological polar surface area (TPSA) is 54.9 Å². The first kappa shape index (κ1) is 12.1. The highest BCUT2D eigenvalue weighted by Crippen LogP contribution is 2.27. The van der Waals surface area contributed by atoms with Crippen LogP contribution in [0.1, 0.15) is 44.6 Å². The number of rotatable bonds is 4. The summed E-state index contributed by atoms with van der Waals surface area (Å²) in [6, 6.07) is 0. The molecule has 1 aromatic heterocycles. The van der Waals surface area contributed by atoms with Gasteiger partial charge in [-0.2, -0.15) is 0 Å². The number of H-pyrrole nitrogens is 1. The highest BCUT2D eigenvalue weighted by Gasteiger charge is 2.15. The molecule has 4 nitrogen and oxygen atoms in total. The van der Waals surface area contributed by atoms with E-state index in [-0.39, 0.29) is 11.2 Å². The summed E-state index contributed by atoms with van der Waals surface area (Å²) in [6.45, 7) is 2.66. The van der Waals surface area contributed by atoms with Gasteiger partial charge < -0.3 is 4.57 Å². The molecule has 1 fully saturated rings. The summed E-state index contributed by atoms with van der Waals surface area (Å²) < 4.78 is 1.65. The predicted molar refractivity (Wildman–Crippen MR) is 67.3 cm³/mol. The minimum absolute atomic E-state index is 0.241. The van der Waals surface area contributed by atoms with Gasteiger partial charge in [-0.15, -0.1) is 0 Å². The van der Waals surface area contributed by atoms with Crippen molar-refractivity contribution in [1.82, 2.24) is 9.55 Å². The van der Waals surface area contributed by atoms with Crippen molar-refractivity contribution >= 4 is 0 Å². The Morgan fingerprint density at radius 1 is 1.35 bits per heavy atom. The van der Waals surface area contributed by atoms with Crippen LogP contribution in [0.2, 0.25) is 0 Å². The molecule has 1 aliphatic rings. The Balaban J connectivity index is 2.09. The van der Waals surface area contributed by atoms with Gasteiger partial charge in [0, 0.05) is 18.3 Å². The van der Waals surface area contributed by atoms with Gasteiger partial charge in [0.1, 0.15) is 0 Å². The first-order valence-corrected chi connectivity index (χ1v) is 6.53. The molecule has 94 valence electrons. The number of nitrogens with one attached hydrogen (secondary N) is 1. The van der Waals surface area contributed by atoms with Crippen LogP contribution >= 0.6 is 0 Å². The van der Waals surface area contributed by atoms with Gasteiger partial charge in [0.25, 0.3) is 5.56 Å². The Morgan fingerprint density at radius 3 is 2.71 bits per heavy atom. The first-order chi connectivity index (χ1) is 8.20. The van der Waals surface area contributed by atoms with Crippen LogP contribution in [0.4, 0.5) is 0 Å². The predicted octanol–water partition coefficient (Wildman–Crippen LogP) is 1.68. The Hall–Kier alpha value is -1.32. The fraction of sp³-hybridized carbons (Fsp3) is 0.692. The number of nitrogens with zero attached hydrogens (tertiary/aromatic N) is 1. The van der Waals surface area contributed by atoms with Gasteiger partial charge in [-0.05, 0) is 18.8 Å². The standard InChI is InChI=1S/C13H20N2O2/c1-2-11-9-15(13(17)14-12(11)16)8-7-10-5-3-4-6-10/h9-10H,2-8H2,1H3,(H,14,16,17). The molecule has 0 unspecified atom stereocenters. The summed E-state index contributed by atoms with van der Waals surface area (Å²) in [4.78, 5) is 25.4. The monoisotopic (exact) mass is 236 g/mol. The van der Waals surface area contributed by atoms with Crippen molar-refractivity contribution in [2.45, 2.75) is 52.0 Å². The van der Waals surface area contributed by atoms with Crippen LogP contribution in [0.25, 0.3) is 0 Å². The van der Waals surface area contributed by atoms with Gasteiger partial charge in [0.05, 0.1) is 0 Å². The van der Waals surface area contributed by atoms with Crippen LogP contribution in [0.5, 0.6) is 0 Å². The quantitative estimate of drug-likeness (QED) is 0.864. The van der Waals surface area contributed by atoms with E-state index in [1.807, 2.05) is 6.92 Å². The van der Waals surface area contributed by atoms with E-state index in [2.05, 4.69) is 4.98 Å². The normalized spacial score (nSPS) is 16.5. The maximum Gasteiger partial charge on any atom is 0.328 e. The Bertz CT molecular complexity index is 481. The zero-order valence-electron chi connectivity index (χ0n) is 10.4. The summed E-state index contributed by atoms with van der Waals surface area (Å²) in [5, 5.41) is 0. The summed E-state index contributed by atoms with van der Waals surface area (Å²) in [5.41, 5.74) is 0.177. The Kier molecular flexibility index (Phi) is 3.82. The second-order valence-corrected chi connectivity index (χ2v) is 4.90. The molecule has 0 aliphatic heterocycles. The zero-order valence-corrected chi connectivity index (χ0v) is 10.4. The van der Waals surface area contributed by atoms with Crippen molar-refractivity contribution in [3.8, 4) is 0 Å². The smallest absolute Gasteiger partial charge is 0.300 e. The molecule has 1 heterocycles. The molecule has 4 heteroatoms. The molecule has 0 bridgehead atoms.